The molecule has 1 aromatic rings. The van der Waals surface area contributed by atoms with Crippen molar-refractivity contribution in [2.75, 3.05) is 20.3 Å². The largest absolute Gasteiger partial charge is 0.482 e. The monoisotopic (exact) mass is 334 g/mol. The Balaban J connectivity index is 2.42. The maximum Gasteiger partial charge on any atom is 0.416 e. The van der Waals surface area contributed by atoms with Crippen molar-refractivity contribution in [3.05, 3.63) is 29.8 Å². The van der Waals surface area contributed by atoms with Gasteiger partial charge in [-0.3, -0.25) is 10.1 Å². The Morgan fingerprint density at radius 3 is 2.48 bits per heavy atom. The molecule has 0 aliphatic carbocycles. The zero-order valence-corrected chi connectivity index (χ0v) is 11.9. The van der Waals surface area contributed by atoms with Crippen molar-refractivity contribution in [2.45, 2.75) is 6.18 Å². The maximum absolute atomic E-state index is 12.5. The number of imide groups is 1. The molecule has 0 fully saturated rings. The van der Waals surface area contributed by atoms with E-state index in [2.05, 4.69) is 10.1 Å². The van der Waals surface area contributed by atoms with Crippen LogP contribution in [-0.4, -0.2) is 38.2 Å². The average molecular weight is 334 g/mol. The van der Waals surface area contributed by atoms with Crippen molar-refractivity contribution in [1.29, 1.82) is 0 Å². The second-order valence-electron chi connectivity index (χ2n) is 4.10. The van der Waals surface area contributed by atoms with Crippen LogP contribution in [0.5, 0.6) is 5.75 Å². The fraction of sp³-hybridized carbons (Fsp3) is 0.308. The summed E-state index contributed by atoms with van der Waals surface area (Å²) in [6.45, 7) is -1.41. The summed E-state index contributed by atoms with van der Waals surface area (Å²) < 4.78 is 46.8. The Morgan fingerprint density at radius 1 is 1.17 bits per heavy atom. The molecule has 0 radical (unpaired) electrons. The second-order valence-corrected chi connectivity index (χ2v) is 4.10. The predicted octanol–water partition coefficient (Wildman–Crippen LogP) is 1.08. The third kappa shape index (κ3) is 6.68. The van der Waals surface area contributed by atoms with Crippen molar-refractivity contribution in [3.8, 4) is 5.75 Å². The van der Waals surface area contributed by atoms with Gasteiger partial charge in [0, 0.05) is 7.05 Å². The van der Waals surface area contributed by atoms with E-state index in [9.17, 15) is 27.6 Å². The summed E-state index contributed by atoms with van der Waals surface area (Å²) in [5.41, 5.74) is -0.923. The fourth-order valence-electron chi connectivity index (χ4n) is 1.32. The van der Waals surface area contributed by atoms with Gasteiger partial charge in [0.25, 0.3) is 5.91 Å². The standard InChI is InChI=1S/C13H13F3N2O5/c1-17-12(21)18-10(19)6-23-11(20)7-22-9-4-2-3-8(5-9)13(14,15)16/h2-5H,6-7H2,1H3,(H2,17,18,19,21). The first-order valence-electron chi connectivity index (χ1n) is 6.19. The van der Waals surface area contributed by atoms with E-state index in [1.807, 2.05) is 5.32 Å². The minimum Gasteiger partial charge on any atom is -0.482 e. The first-order chi connectivity index (χ1) is 10.7. The van der Waals surface area contributed by atoms with E-state index in [0.29, 0.717) is 0 Å². The van der Waals surface area contributed by atoms with Crippen molar-refractivity contribution in [2.24, 2.45) is 0 Å². The zero-order valence-electron chi connectivity index (χ0n) is 11.9. The number of carbonyl (C=O) groups is 3. The number of rotatable bonds is 5. The van der Waals surface area contributed by atoms with Gasteiger partial charge >= 0.3 is 18.2 Å². The molecule has 0 bridgehead atoms. The molecule has 0 atom stereocenters. The number of hydrogen-bond donors (Lipinski definition) is 2. The van der Waals surface area contributed by atoms with Gasteiger partial charge in [0.15, 0.2) is 13.2 Å². The number of esters is 1. The zero-order chi connectivity index (χ0) is 17.5. The number of halogens is 3. The Morgan fingerprint density at radius 2 is 1.87 bits per heavy atom. The van der Waals surface area contributed by atoms with Crippen LogP contribution in [0.1, 0.15) is 5.56 Å². The van der Waals surface area contributed by atoms with Crippen LogP contribution in [-0.2, 0) is 20.5 Å². The smallest absolute Gasteiger partial charge is 0.416 e. The van der Waals surface area contributed by atoms with Gasteiger partial charge in [-0.25, -0.2) is 9.59 Å². The highest BCUT2D eigenvalue weighted by molar-refractivity contribution is 5.95. The summed E-state index contributed by atoms with van der Waals surface area (Å²) in [5.74, 6) is -2.02. The fourth-order valence-corrected chi connectivity index (χ4v) is 1.32. The molecule has 7 nitrogen and oxygen atoms in total. The number of nitrogens with one attached hydrogen (secondary N) is 2. The highest BCUT2D eigenvalue weighted by Crippen LogP contribution is 2.31. The number of benzene rings is 1. The van der Waals surface area contributed by atoms with Crippen LogP contribution in [0.15, 0.2) is 24.3 Å². The molecule has 2 N–H and O–H groups in total. The lowest BCUT2D eigenvalue weighted by molar-refractivity contribution is -0.150. The van der Waals surface area contributed by atoms with E-state index in [1.165, 1.54) is 13.1 Å². The molecule has 126 valence electrons. The Hall–Kier alpha value is -2.78. The molecule has 0 saturated heterocycles. The molecule has 0 saturated carbocycles. The molecule has 0 spiro atoms. The topological polar surface area (TPSA) is 93.7 Å². The molecule has 0 aliphatic rings. The van der Waals surface area contributed by atoms with Crippen LogP contribution >= 0.6 is 0 Å². The first kappa shape index (κ1) is 18.3. The van der Waals surface area contributed by atoms with E-state index in [0.717, 1.165) is 18.2 Å². The number of carbonyl (C=O) groups excluding carboxylic acids is 3. The Labute approximate surface area is 128 Å². The van der Waals surface area contributed by atoms with Crippen LogP contribution in [0.2, 0.25) is 0 Å². The molecule has 10 heteroatoms. The van der Waals surface area contributed by atoms with Gasteiger partial charge in [0.1, 0.15) is 5.75 Å². The van der Waals surface area contributed by atoms with E-state index >= 15 is 0 Å². The molecule has 0 aromatic heterocycles. The molecule has 23 heavy (non-hydrogen) atoms. The Kier molecular flexibility index (Phi) is 6.36. The number of ether oxygens (including phenoxy) is 2. The van der Waals surface area contributed by atoms with Crippen LogP contribution in [0.4, 0.5) is 18.0 Å². The summed E-state index contributed by atoms with van der Waals surface area (Å²) in [4.78, 5) is 33.2. The van der Waals surface area contributed by atoms with Gasteiger partial charge in [-0.1, -0.05) is 6.07 Å². The quantitative estimate of drug-likeness (QED) is 0.786. The molecule has 0 heterocycles. The summed E-state index contributed by atoms with van der Waals surface area (Å²) in [6.07, 6.45) is -4.53. The van der Waals surface area contributed by atoms with Crippen LogP contribution in [0.3, 0.4) is 0 Å². The van der Waals surface area contributed by atoms with Crippen LogP contribution < -0.4 is 15.4 Å². The normalized spacial score (nSPS) is 10.6. The average Bonchev–Trinajstić information content (AvgIpc) is 2.50. The van der Waals surface area contributed by atoms with Crippen molar-refractivity contribution in [1.82, 2.24) is 10.6 Å². The van der Waals surface area contributed by atoms with E-state index in [4.69, 9.17) is 4.74 Å². The number of hydrogen-bond acceptors (Lipinski definition) is 5. The third-order valence-electron chi connectivity index (χ3n) is 2.36. The SMILES string of the molecule is CNC(=O)NC(=O)COC(=O)COc1cccc(C(F)(F)F)c1. The van der Waals surface area contributed by atoms with E-state index < -0.39 is 42.9 Å². The van der Waals surface area contributed by atoms with Crippen LogP contribution in [0, 0.1) is 0 Å². The van der Waals surface area contributed by atoms with Gasteiger partial charge in [0.2, 0.25) is 0 Å². The van der Waals surface area contributed by atoms with Gasteiger partial charge in [-0.05, 0) is 18.2 Å². The summed E-state index contributed by atoms with van der Waals surface area (Å²) >= 11 is 0. The number of urea groups is 1. The molecule has 1 aromatic carbocycles. The van der Waals surface area contributed by atoms with E-state index in [-0.39, 0.29) is 5.75 Å². The summed E-state index contributed by atoms with van der Waals surface area (Å²) in [6, 6.07) is 3.17. The molecule has 3 amide bonds. The van der Waals surface area contributed by atoms with Crippen molar-refractivity contribution in [3.63, 3.8) is 0 Å². The van der Waals surface area contributed by atoms with Gasteiger partial charge < -0.3 is 14.8 Å². The number of amides is 3. The summed E-state index contributed by atoms with van der Waals surface area (Å²) in [5, 5.41) is 3.97. The van der Waals surface area contributed by atoms with Gasteiger partial charge in [-0.15, -0.1) is 0 Å². The lowest BCUT2D eigenvalue weighted by atomic mass is 10.2. The second kappa shape index (κ2) is 8.01. The van der Waals surface area contributed by atoms with Crippen LogP contribution in [0.25, 0.3) is 0 Å². The van der Waals surface area contributed by atoms with Gasteiger partial charge in [0.05, 0.1) is 5.56 Å². The molecular weight excluding hydrogens is 321 g/mol. The summed E-state index contributed by atoms with van der Waals surface area (Å²) in [7, 11) is 1.29. The number of alkyl halides is 3. The molecule has 1 rings (SSSR count). The Bertz CT molecular complexity index is 589. The molecular formula is C13H13F3N2O5. The molecule has 0 unspecified atom stereocenters. The predicted molar refractivity (Wildman–Crippen MR) is 70.5 cm³/mol. The van der Waals surface area contributed by atoms with Crippen molar-refractivity contribution < 1.29 is 37.0 Å². The minimum atomic E-state index is -4.53. The highest BCUT2D eigenvalue weighted by atomic mass is 19.4. The van der Waals surface area contributed by atoms with E-state index in [1.54, 1.807) is 0 Å². The third-order valence-corrected chi connectivity index (χ3v) is 2.36. The maximum atomic E-state index is 12.5. The van der Waals surface area contributed by atoms with Crippen molar-refractivity contribution >= 4 is 17.9 Å². The lowest BCUT2D eigenvalue weighted by Crippen LogP contribution is -2.40. The highest BCUT2D eigenvalue weighted by Gasteiger charge is 2.30. The van der Waals surface area contributed by atoms with Gasteiger partial charge in [-0.2, -0.15) is 13.2 Å². The first-order valence-corrected chi connectivity index (χ1v) is 6.19. The lowest BCUT2D eigenvalue weighted by Gasteiger charge is -2.10. The molecule has 0 aliphatic heterocycles. The minimum absolute atomic E-state index is 0.174.